The Bertz CT molecular complexity index is 1120. The Morgan fingerprint density at radius 2 is 1.94 bits per heavy atom. The van der Waals surface area contributed by atoms with Crippen molar-refractivity contribution in [2.75, 3.05) is 27.0 Å². The van der Waals surface area contributed by atoms with Crippen LogP contribution < -0.4 is 10.3 Å². The Morgan fingerprint density at radius 3 is 2.57 bits per heavy atom. The fraction of sp³-hybridized carbons (Fsp3) is 0.542. The van der Waals surface area contributed by atoms with Crippen LogP contribution in [-0.2, 0) is 15.7 Å². The first-order valence-corrected chi connectivity index (χ1v) is 11.2. The molecular formula is C24H30F3N3O5. The van der Waals surface area contributed by atoms with E-state index >= 15 is 0 Å². The Balaban J connectivity index is 2.01. The van der Waals surface area contributed by atoms with E-state index in [1.54, 1.807) is 32.6 Å². The van der Waals surface area contributed by atoms with Gasteiger partial charge < -0.3 is 19.1 Å². The largest absolute Gasteiger partial charge is 0.467 e. The van der Waals surface area contributed by atoms with Crippen LogP contribution in [0.25, 0.3) is 11.1 Å². The van der Waals surface area contributed by atoms with E-state index in [-0.39, 0.29) is 36.3 Å². The third-order valence-corrected chi connectivity index (χ3v) is 5.54. The van der Waals surface area contributed by atoms with Crippen molar-refractivity contribution in [3.63, 3.8) is 0 Å². The predicted molar refractivity (Wildman–Crippen MR) is 122 cm³/mol. The topological polar surface area (TPSA) is 82.9 Å². The summed E-state index contributed by atoms with van der Waals surface area (Å²) in [5.74, 6) is -0.138. The Hall–Kier alpha value is -3.08. The van der Waals surface area contributed by atoms with Crippen LogP contribution in [0.15, 0.2) is 29.3 Å². The van der Waals surface area contributed by atoms with Crippen molar-refractivity contribution < 1.29 is 32.2 Å². The highest BCUT2D eigenvalue weighted by Gasteiger charge is 2.33. The fourth-order valence-corrected chi connectivity index (χ4v) is 3.94. The summed E-state index contributed by atoms with van der Waals surface area (Å²) in [5.41, 5.74) is -1.35. The number of aromatic nitrogens is 2. The van der Waals surface area contributed by atoms with Crippen LogP contribution in [0.2, 0.25) is 0 Å². The van der Waals surface area contributed by atoms with Gasteiger partial charge in [-0.15, -0.1) is 0 Å². The molecule has 3 rings (SSSR count). The monoisotopic (exact) mass is 497 g/mol. The highest BCUT2D eigenvalue weighted by molar-refractivity contribution is 5.72. The van der Waals surface area contributed by atoms with Gasteiger partial charge >= 0.3 is 12.3 Å². The van der Waals surface area contributed by atoms with Gasteiger partial charge in [-0.25, -0.2) is 9.78 Å². The number of aryl methyl sites for hydroxylation is 1. The zero-order chi connectivity index (χ0) is 26.0. The molecule has 0 unspecified atom stereocenters. The first-order chi connectivity index (χ1) is 16.3. The van der Waals surface area contributed by atoms with E-state index in [0.717, 1.165) is 12.1 Å². The van der Waals surface area contributed by atoms with E-state index in [1.807, 2.05) is 0 Å². The molecule has 35 heavy (non-hydrogen) atoms. The van der Waals surface area contributed by atoms with Crippen molar-refractivity contribution >= 4 is 6.09 Å². The minimum absolute atomic E-state index is 0.127. The zero-order valence-corrected chi connectivity index (χ0v) is 20.4. The summed E-state index contributed by atoms with van der Waals surface area (Å²) in [4.78, 5) is 32.0. The van der Waals surface area contributed by atoms with Crippen LogP contribution in [0.3, 0.4) is 0 Å². The number of hydrogen-bond acceptors (Lipinski definition) is 6. The van der Waals surface area contributed by atoms with Crippen LogP contribution in [0.4, 0.5) is 18.0 Å². The Kier molecular flexibility index (Phi) is 7.78. The number of benzene rings is 1. The lowest BCUT2D eigenvalue weighted by Gasteiger charge is -2.34. The molecule has 1 aromatic carbocycles. The molecule has 8 nitrogen and oxygen atoms in total. The summed E-state index contributed by atoms with van der Waals surface area (Å²) in [6.45, 7) is 7.39. The molecule has 0 N–H and O–H groups in total. The molecule has 1 saturated heterocycles. The number of nitrogens with zero attached hydrogens (tertiary/aromatic N) is 3. The first-order valence-electron chi connectivity index (χ1n) is 11.2. The summed E-state index contributed by atoms with van der Waals surface area (Å²) in [7, 11) is 1.34. The average Bonchev–Trinajstić information content (AvgIpc) is 2.76. The van der Waals surface area contributed by atoms with Gasteiger partial charge in [0, 0.05) is 25.8 Å². The predicted octanol–water partition coefficient (Wildman–Crippen LogP) is 4.79. The number of piperidine rings is 1. The molecule has 1 atom stereocenters. The molecule has 1 aliphatic rings. The van der Waals surface area contributed by atoms with Crippen LogP contribution in [0.5, 0.6) is 5.75 Å². The Labute approximate surface area is 201 Å². The van der Waals surface area contributed by atoms with Crippen molar-refractivity contribution in [3.05, 3.63) is 46.1 Å². The number of hydrogen-bond donors (Lipinski definition) is 0. The van der Waals surface area contributed by atoms with Crippen molar-refractivity contribution in [2.45, 2.75) is 58.4 Å². The van der Waals surface area contributed by atoms with Gasteiger partial charge in [0.2, 0.25) is 0 Å². The summed E-state index contributed by atoms with van der Waals surface area (Å²) < 4.78 is 57.0. The lowest BCUT2D eigenvalue weighted by Crippen LogP contribution is -2.45. The van der Waals surface area contributed by atoms with E-state index in [1.165, 1.54) is 24.1 Å². The first kappa shape index (κ1) is 26.5. The number of likely N-dealkylation sites (tertiary alicyclic amines) is 1. The second kappa shape index (κ2) is 10.3. The quantitative estimate of drug-likeness (QED) is 0.553. The number of rotatable bonds is 5. The number of carbonyl (C=O) groups excluding carboxylic acids is 1. The lowest BCUT2D eigenvalue weighted by molar-refractivity contribution is -0.137. The van der Waals surface area contributed by atoms with Gasteiger partial charge in [0.05, 0.1) is 29.2 Å². The highest BCUT2D eigenvalue weighted by atomic mass is 19.4. The number of methoxy groups -OCH3 is 1. The van der Waals surface area contributed by atoms with Crippen LogP contribution in [0, 0.1) is 6.92 Å². The Morgan fingerprint density at radius 1 is 1.23 bits per heavy atom. The van der Waals surface area contributed by atoms with Crippen molar-refractivity contribution in [3.8, 4) is 16.9 Å². The third kappa shape index (κ3) is 6.33. The van der Waals surface area contributed by atoms with E-state index in [0.29, 0.717) is 25.1 Å². The van der Waals surface area contributed by atoms with Crippen molar-refractivity contribution in [1.82, 2.24) is 14.5 Å². The highest BCUT2D eigenvalue weighted by Crippen LogP contribution is 2.37. The maximum Gasteiger partial charge on any atom is 0.416 e. The minimum Gasteiger partial charge on any atom is -0.467 e. The van der Waals surface area contributed by atoms with E-state index in [2.05, 4.69) is 4.98 Å². The molecule has 0 radical (unpaired) electrons. The molecule has 0 bridgehead atoms. The minimum atomic E-state index is -4.58. The molecule has 1 fully saturated rings. The standard InChI is InChI=1S/C24H30F3N3O5/c1-15-20(18-9-8-16(24(25,26)27)11-19(18)34-14-33-5)21(31)30(13-28-15)17-7-6-10-29(12-17)22(32)35-23(2,3)4/h8-9,11,13,17H,6-7,10,12,14H2,1-5H3/t17-/m1/s1. The van der Waals surface area contributed by atoms with Gasteiger partial charge in [0.15, 0.2) is 6.79 Å². The second-order valence-electron chi connectivity index (χ2n) is 9.40. The van der Waals surface area contributed by atoms with E-state index in [4.69, 9.17) is 14.2 Å². The zero-order valence-electron chi connectivity index (χ0n) is 20.4. The van der Waals surface area contributed by atoms with Crippen LogP contribution in [0.1, 0.15) is 50.9 Å². The van der Waals surface area contributed by atoms with E-state index in [9.17, 15) is 22.8 Å². The summed E-state index contributed by atoms with van der Waals surface area (Å²) in [5, 5.41) is 0. The molecule has 1 aliphatic heterocycles. The van der Waals surface area contributed by atoms with Gasteiger partial charge in [-0.3, -0.25) is 9.36 Å². The summed E-state index contributed by atoms with van der Waals surface area (Å²) >= 11 is 0. The maximum absolute atomic E-state index is 13.6. The molecule has 1 amide bonds. The molecule has 0 saturated carbocycles. The van der Waals surface area contributed by atoms with Gasteiger partial charge in [-0.05, 0) is 58.7 Å². The van der Waals surface area contributed by atoms with Crippen LogP contribution in [-0.4, -0.2) is 53.1 Å². The second-order valence-corrected chi connectivity index (χ2v) is 9.40. The molecule has 0 aliphatic carbocycles. The number of amides is 1. The number of ether oxygens (including phenoxy) is 3. The molecule has 2 heterocycles. The third-order valence-electron chi connectivity index (χ3n) is 5.54. The SMILES string of the molecule is COCOc1cc(C(F)(F)F)ccc1-c1c(C)ncn([C@@H]2CCCN(C(=O)OC(C)(C)C)C2)c1=O. The maximum atomic E-state index is 13.6. The normalized spacial score (nSPS) is 16.8. The van der Waals surface area contributed by atoms with Gasteiger partial charge in [0.1, 0.15) is 11.4 Å². The van der Waals surface area contributed by atoms with Crippen molar-refractivity contribution in [2.24, 2.45) is 0 Å². The summed E-state index contributed by atoms with van der Waals surface area (Å²) in [6.07, 6.45) is -2.36. The fourth-order valence-electron chi connectivity index (χ4n) is 3.94. The average molecular weight is 498 g/mol. The molecule has 192 valence electrons. The molecular weight excluding hydrogens is 467 g/mol. The van der Waals surface area contributed by atoms with Crippen molar-refractivity contribution in [1.29, 1.82) is 0 Å². The molecule has 2 aromatic rings. The number of alkyl halides is 3. The number of halogens is 3. The van der Waals surface area contributed by atoms with Gasteiger partial charge in [-0.2, -0.15) is 13.2 Å². The smallest absolute Gasteiger partial charge is 0.416 e. The van der Waals surface area contributed by atoms with Gasteiger partial charge in [0.25, 0.3) is 5.56 Å². The number of carbonyl (C=O) groups is 1. The van der Waals surface area contributed by atoms with Gasteiger partial charge in [-0.1, -0.05) is 0 Å². The van der Waals surface area contributed by atoms with E-state index < -0.39 is 29.0 Å². The molecule has 1 aromatic heterocycles. The molecule has 0 spiro atoms. The molecule has 11 heteroatoms. The van der Waals surface area contributed by atoms with Crippen LogP contribution >= 0.6 is 0 Å². The summed E-state index contributed by atoms with van der Waals surface area (Å²) in [6, 6.07) is 2.58. The lowest BCUT2D eigenvalue weighted by atomic mass is 10.0.